The Balaban J connectivity index is 1.68. The Labute approximate surface area is 190 Å². The number of amides is 1. The van der Waals surface area contributed by atoms with Crippen LogP contribution in [0.4, 0.5) is 14.5 Å². The summed E-state index contributed by atoms with van der Waals surface area (Å²) in [7, 11) is -3.81. The SMILES string of the molecule is CCOc1cc(/C=C/C(=O)Nc2cccc(S(=O)(=O)NC3=NCCC3)c2)ccc1OC(F)F. The van der Waals surface area contributed by atoms with Crippen molar-refractivity contribution in [2.75, 3.05) is 18.5 Å². The van der Waals surface area contributed by atoms with Crippen LogP contribution in [0, 0.1) is 0 Å². The molecule has 1 aliphatic rings. The highest BCUT2D eigenvalue weighted by Gasteiger charge is 2.18. The minimum atomic E-state index is -3.81. The number of alkyl halides is 2. The van der Waals surface area contributed by atoms with E-state index in [1.807, 2.05) is 0 Å². The van der Waals surface area contributed by atoms with Crippen LogP contribution < -0.4 is 19.5 Å². The smallest absolute Gasteiger partial charge is 0.387 e. The van der Waals surface area contributed by atoms with Crippen molar-refractivity contribution >= 4 is 33.5 Å². The number of amidine groups is 1. The number of sulfonamides is 1. The van der Waals surface area contributed by atoms with E-state index in [0.29, 0.717) is 24.4 Å². The lowest BCUT2D eigenvalue weighted by Crippen LogP contribution is -2.29. The first-order valence-electron chi connectivity index (χ1n) is 10.1. The van der Waals surface area contributed by atoms with Crippen LogP contribution in [0.25, 0.3) is 6.08 Å². The van der Waals surface area contributed by atoms with Crippen LogP contribution in [0.3, 0.4) is 0 Å². The first-order valence-corrected chi connectivity index (χ1v) is 11.6. The van der Waals surface area contributed by atoms with Crippen LogP contribution in [-0.2, 0) is 14.8 Å². The molecule has 2 N–H and O–H groups in total. The second-order valence-electron chi connectivity index (χ2n) is 6.91. The van der Waals surface area contributed by atoms with Gasteiger partial charge < -0.3 is 14.8 Å². The monoisotopic (exact) mass is 479 g/mol. The number of nitrogens with zero attached hydrogens (tertiary/aromatic N) is 1. The zero-order chi connectivity index (χ0) is 23.8. The highest BCUT2D eigenvalue weighted by molar-refractivity contribution is 7.90. The van der Waals surface area contributed by atoms with E-state index in [1.165, 1.54) is 48.6 Å². The Hall–Kier alpha value is -3.47. The number of anilines is 1. The van der Waals surface area contributed by atoms with Crippen molar-refractivity contribution in [1.82, 2.24) is 4.72 Å². The second-order valence-corrected chi connectivity index (χ2v) is 8.59. The van der Waals surface area contributed by atoms with Gasteiger partial charge in [-0.2, -0.15) is 8.78 Å². The quantitative estimate of drug-likeness (QED) is 0.532. The highest BCUT2D eigenvalue weighted by Crippen LogP contribution is 2.30. The van der Waals surface area contributed by atoms with E-state index >= 15 is 0 Å². The zero-order valence-electron chi connectivity index (χ0n) is 17.8. The molecule has 0 bridgehead atoms. The lowest BCUT2D eigenvalue weighted by molar-refractivity contribution is -0.111. The van der Waals surface area contributed by atoms with Crippen molar-refractivity contribution in [2.45, 2.75) is 31.3 Å². The minimum absolute atomic E-state index is 0.00476. The van der Waals surface area contributed by atoms with Crippen LogP contribution >= 0.6 is 0 Å². The van der Waals surface area contributed by atoms with Crippen LogP contribution in [0.1, 0.15) is 25.3 Å². The number of ether oxygens (including phenoxy) is 2. The number of halogens is 2. The van der Waals surface area contributed by atoms with E-state index in [9.17, 15) is 22.0 Å². The van der Waals surface area contributed by atoms with Crippen LogP contribution in [0.15, 0.2) is 58.4 Å². The molecule has 0 radical (unpaired) electrons. The summed E-state index contributed by atoms with van der Waals surface area (Å²) in [6, 6.07) is 10.1. The standard InChI is InChI=1S/C22H23F2N3O5S/c1-2-31-19-13-15(8-10-18(19)32-22(23)24)9-11-21(28)26-16-5-3-6-17(14-16)33(29,30)27-20-7-4-12-25-20/h3,5-6,8-11,13-14,22H,2,4,7,12H2,1H3,(H,25,27)(H,26,28)/b11-9+. The van der Waals surface area contributed by atoms with E-state index in [-0.39, 0.29) is 28.7 Å². The molecule has 0 saturated carbocycles. The van der Waals surface area contributed by atoms with Crippen molar-refractivity contribution in [2.24, 2.45) is 4.99 Å². The molecule has 8 nitrogen and oxygen atoms in total. The maximum absolute atomic E-state index is 12.5. The number of carbonyl (C=O) groups excluding carboxylic acids is 1. The normalized spacial score (nSPS) is 13.8. The number of hydrogen-bond acceptors (Lipinski definition) is 6. The van der Waals surface area contributed by atoms with E-state index < -0.39 is 22.5 Å². The third-order valence-electron chi connectivity index (χ3n) is 4.45. The van der Waals surface area contributed by atoms with Gasteiger partial charge in [0.25, 0.3) is 10.0 Å². The van der Waals surface area contributed by atoms with Gasteiger partial charge in [-0.3, -0.25) is 14.5 Å². The zero-order valence-corrected chi connectivity index (χ0v) is 18.6. The third-order valence-corrected chi connectivity index (χ3v) is 5.83. The number of rotatable bonds is 9. The molecule has 1 heterocycles. The molecule has 0 aliphatic carbocycles. The fourth-order valence-electron chi connectivity index (χ4n) is 3.02. The summed E-state index contributed by atoms with van der Waals surface area (Å²) in [6.07, 6.45) is 4.06. The summed E-state index contributed by atoms with van der Waals surface area (Å²) in [5, 5.41) is 2.59. The fraction of sp³-hybridized carbons (Fsp3) is 0.273. The van der Waals surface area contributed by atoms with Gasteiger partial charge in [-0.25, -0.2) is 8.42 Å². The van der Waals surface area contributed by atoms with Crippen molar-refractivity contribution in [3.8, 4) is 11.5 Å². The molecule has 2 aromatic carbocycles. The largest absolute Gasteiger partial charge is 0.490 e. The van der Waals surface area contributed by atoms with E-state index in [0.717, 1.165) is 6.42 Å². The van der Waals surface area contributed by atoms with Crippen LogP contribution in [0.2, 0.25) is 0 Å². The molecular formula is C22H23F2N3O5S. The van der Waals surface area contributed by atoms with Gasteiger partial charge in [-0.1, -0.05) is 12.1 Å². The van der Waals surface area contributed by atoms with Gasteiger partial charge in [-0.15, -0.1) is 0 Å². The lowest BCUT2D eigenvalue weighted by atomic mass is 10.2. The summed E-state index contributed by atoms with van der Waals surface area (Å²) in [4.78, 5) is 16.4. The number of aliphatic imine (C=N–C) groups is 1. The summed E-state index contributed by atoms with van der Waals surface area (Å²) in [5.74, 6) is -0.0754. The first kappa shape index (κ1) is 24.2. The Morgan fingerprint density at radius 2 is 2.03 bits per heavy atom. The number of nitrogens with one attached hydrogen (secondary N) is 2. The van der Waals surface area contributed by atoms with Crippen molar-refractivity contribution in [3.63, 3.8) is 0 Å². The minimum Gasteiger partial charge on any atom is -0.490 e. The molecule has 176 valence electrons. The summed E-state index contributed by atoms with van der Waals surface area (Å²) >= 11 is 0. The average Bonchev–Trinajstić information content (AvgIpc) is 3.26. The van der Waals surface area contributed by atoms with Gasteiger partial charge in [0, 0.05) is 24.7 Å². The van der Waals surface area contributed by atoms with Crippen molar-refractivity contribution in [3.05, 3.63) is 54.1 Å². The third kappa shape index (κ3) is 7.01. The van der Waals surface area contributed by atoms with E-state index in [4.69, 9.17) is 4.74 Å². The molecule has 0 unspecified atom stereocenters. The topological polar surface area (TPSA) is 106 Å². The van der Waals surface area contributed by atoms with Gasteiger partial charge >= 0.3 is 6.61 Å². The summed E-state index contributed by atoms with van der Waals surface area (Å²) in [5.41, 5.74) is 0.810. The molecule has 3 rings (SSSR count). The first-order chi connectivity index (χ1) is 15.8. The van der Waals surface area contributed by atoms with Crippen molar-refractivity contribution < 1.29 is 31.5 Å². The molecule has 33 heavy (non-hydrogen) atoms. The maximum Gasteiger partial charge on any atom is 0.387 e. The van der Waals surface area contributed by atoms with Crippen LogP contribution in [0.5, 0.6) is 11.5 Å². The summed E-state index contributed by atoms with van der Waals surface area (Å²) < 4.78 is 62.3. The maximum atomic E-state index is 12.5. The molecule has 0 fully saturated rings. The molecule has 1 amide bonds. The molecular weight excluding hydrogens is 456 g/mol. The van der Waals surface area contributed by atoms with E-state index in [1.54, 1.807) is 13.0 Å². The number of hydrogen-bond donors (Lipinski definition) is 2. The highest BCUT2D eigenvalue weighted by atomic mass is 32.2. The van der Waals surface area contributed by atoms with Gasteiger partial charge in [0.15, 0.2) is 11.5 Å². The molecule has 0 saturated heterocycles. The van der Waals surface area contributed by atoms with Crippen LogP contribution in [-0.4, -0.2) is 39.9 Å². The summed E-state index contributed by atoms with van der Waals surface area (Å²) in [6.45, 7) is -0.451. The molecule has 0 atom stereocenters. The Morgan fingerprint density at radius 1 is 1.21 bits per heavy atom. The predicted molar refractivity (Wildman–Crippen MR) is 120 cm³/mol. The second kappa shape index (κ2) is 10.9. The number of benzene rings is 2. The molecule has 2 aromatic rings. The van der Waals surface area contributed by atoms with E-state index in [2.05, 4.69) is 19.8 Å². The Bertz CT molecular complexity index is 1170. The molecule has 11 heteroatoms. The average molecular weight is 480 g/mol. The fourth-order valence-corrected chi connectivity index (χ4v) is 4.16. The van der Waals surface area contributed by atoms with Gasteiger partial charge in [-0.05, 0) is 55.3 Å². The molecule has 0 aromatic heterocycles. The Kier molecular flexibility index (Phi) is 7.99. The van der Waals surface area contributed by atoms with Crippen molar-refractivity contribution in [1.29, 1.82) is 0 Å². The Morgan fingerprint density at radius 3 is 2.73 bits per heavy atom. The molecule has 1 aliphatic heterocycles. The van der Waals surface area contributed by atoms with Gasteiger partial charge in [0.05, 0.1) is 11.5 Å². The van der Waals surface area contributed by atoms with Gasteiger partial charge in [0.1, 0.15) is 5.84 Å². The van der Waals surface area contributed by atoms with Gasteiger partial charge in [0.2, 0.25) is 5.91 Å². The lowest BCUT2D eigenvalue weighted by Gasteiger charge is -2.11. The number of carbonyl (C=O) groups is 1. The predicted octanol–water partition coefficient (Wildman–Crippen LogP) is 3.81. The molecule has 0 spiro atoms.